The molecule has 0 unspecified atom stereocenters. The third-order valence-electron chi connectivity index (χ3n) is 4.98. The van der Waals surface area contributed by atoms with Crippen LogP contribution in [0.3, 0.4) is 0 Å². The summed E-state index contributed by atoms with van der Waals surface area (Å²) in [7, 11) is -3.80. The van der Waals surface area contributed by atoms with Crippen molar-refractivity contribution < 1.29 is 18.0 Å². The molecule has 0 aliphatic carbocycles. The fraction of sp³-hybridized carbons (Fsp3) is 0.391. The zero-order valence-corrected chi connectivity index (χ0v) is 23.3. The quantitative estimate of drug-likeness (QED) is 0.433. The van der Waals surface area contributed by atoms with E-state index in [1.807, 2.05) is 13.8 Å². The molecule has 186 valence electrons. The maximum atomic E-state index is 13.5. The number of amides is 2. The van der Waals surface area contributed by atoms with Gasteiger partial charge in [0, 0.05) is 27.6 Å². The van der Waals surface area contributed by atoms with E-state index in [9.17, 15) is 18.0 Å². The first-order chi connectivity index (χ1) is 15.8. The van der Waals surface area contributed by atoms with Crippen LogP contribution in [0.4, 0.5) is 5.69 Å². The van der Waals surface area contributed by atoms with Crippen LogP contribution >= 0.6 is 39.1 Å². The van der Waals surface area contributed by atoms with Gasteiger partial charge in [0.2, 0.25) is 21.8 Å². The topological polar surface area (TPSA) is 86.8 Å². The summed E-state index contributed by atoms with van der Waals surface area (Å²) in [6.07, 6.45) is 1.03. The second-order valence-electron chi connectivity index (χ2n) is 8.32. The Labute approximate surface area is 219 Å². The molecule has 2 aromatic rings. The average molecular weight is 593 g/mol. The van der Waals surface area contributed by atoms with Crippen LogP contribution in [0.1, 0.15) is 26.3 Å². The smallest absolute Gasteiger partial charge is 0.244 e. The summed E-state index contributed by atoms with van der Waals surface area (Å²) in [6, 6.07) is 10.6. The number of nitrogens with zero attached hydrogens (tertiary/aromatic N) is 2. The van der Waals surface area contributed by atoms with Crippen LogP contribution in [0, 0.1) is 5.92 Å². The van der Waals surface area contributed by atoms with Crippen LogP contribution in [0.15, 0.2) is 46.9 Å². The lowest BCUT2D eigenvalue weighted by molar-refractivity contribution is -0.139. The SMILES string of the molecule is CC(C)CNC(=O)[C@@H](C)N(Cc1ccc(Cl)cc1Cl)C(=O)CN(c1cccc(Br)c1)S(C)(=O)=O. The molecule has 34 heavy (non-hydrogen) atoms. The second kappa shape index (κ2) is 12.2. The standard InChI is InChI=1S/C23H28BrCl2N3O4S/c1-15(2)12-27-23(31)16(3)28(13-17-8-9-19(25)11-21(17)26)22(30)14-29(34(4,32)33)20-7-5-6-18(24)10-20/h5-11,15-16H,12-14H2,1-4H3,(H,27,31)/t16-/m1/s1. The highest BCUT2D eigenvalue weighted by Crippen LogP contribution is 2.25. The fourth-order valence-electron chi connectivity index (χ4n) is 3.11. The van der Waals surface area contributed by atoms with Crippen molar-refractivity contribution in [2.24, 2.45) is 5.92 Å². The molecule has 0 fully saturated rings. The molecular formula is C23H28BrCl2N3O4S. The monoisotopic (exact) mass is 591 g/mol. The van der Waals surface area contributed by atoms with E-state index in [1.165, 1.54) is 4.90 Å². The Hall–Kier alpha value is -1.81. The summed E-state index contributed by atoms with van der Waals surface area (Å²) < 4.78 is 26.8. The van der Waals surface area contributed by atoms with E-state index >= 15 is 0 Å². The molecule has 0 aliphatic rings. The van der Waals surface area contributed by atoms with E-state index in [2.05, 4.69) is 21.2 Å². The first kappa shape index (κ1) is 28.4. The summed E-state index contributed by atoms with van der Waals surface area (Å²) in [5, 5.41) is 3.60. The summed E-state index contributed by atoms with van der Waals surface area (Å²) in [6.45, 7) is 5.48. The Balaban J connectivity index is 2.40. The first-order valence-electron chi connectivity index (χ1n) is 10.5. The van der Waals surface area contributed by atoms with Crippen molar-refractivity contribution in [1.29, 1.82) is 0 Å². The van der Waals surface area contributed by atoms with E-state index in [1.54, 1.807) is 49.4 Å². The number of sulfonamides is 1. The van der Waals surface area contributed by atoms with E-state index in [0.717, 1.165) is 10.6 Å². The summed E-state index contributed by atoms with van der Waals surface area (Å²) in [4.78, 5) is 27.6. The molecule has 0 saturated carbocycles. The lowest BCUT2D eigenvalue weighted by Crippen LogP contribution is -2.51. The molecule has 2 aromatic carbocycles. The minimum absolute atomic E-state index is 0.00118. The van der Waals surface area contributed by atoms with Crippen molar-refractivity contribution in [2.45, 2.75) is 33.4 Å². The van der Waals surface area contributed by atoms with Gasteiger partial charge < -0.3 is 10.2 Å². The van der Waals surface area contributed by atoms with Crippen LogP contribution in [0.2, 0.25) is 10.0 Å². The third kappa shape index (κ3) is 8.15. The van der Waals surface area contributed by atoms with Gasteiger partial charge in [-0.2, -0.15) is 0 Å². The van der Waals surface area contributed by atoms with Gasteiger partial charge in [-0.15, -0.1) is 0 Å². The van der Waals surface area contributed by atoms with Gasteiger partial charge in [0.15, 0.2) is 0 Å². The summed E-state index contributed by atoms with van der Waals surface area (Å²) in [5.74, 6) is -0.674. The average Bonchev–Trinajstić information content (AvgIpc) is 2.73. The van der Waals surface area contributed by atoms with E-state index in [4.69, 9.17) is 23.2 Å². The Kier molecular flexibility index (Phi) is 10.2. The molecule has 0 spiro atoms. The molecule has 11 heteroatoms. The largest absolute Gasteiger partial charge is 0.354 e. The Morgan fingerprint density at radius 1 is 1.09 bits per heavy atom. The van der Waals surface area contributed by atoms with Crippen LogP contribution in [-0.4, -0.2) is 50.5 Å². The molecule has 1 N–H and O–H groups in total. The van der Waals surface area contributed by atoms with Gasteiger partial charge in [0.1, 0.15) is 12.6 Å². The lowest BCUT2D eigenvalue weighted by Gasteiger charge is -2.32. The highest BCUT2D eigenvalue weighted by Gasteiger charge is 2.30. The van der Waals surface area contributed by atoms with Gasteiger partial charge in [-0.05, 0) is 48.7 Å². The van der Waals surface area contributed by atoms with Gasteiger partial charge in [0.05, 0.1) is 11.9 Å². The number of hydrogen-bond donors (Lipinski definition) is 1. The minimum Gasteiger partial charge on any atom is -0.354 e. The molecule has 2 rings (SSSR count). The van der Waals surface area contributed by atoms with Gasteiger partial charge in [-0.3, -0.25) is 13.9 Å². The molecule has 2 amide bonds. The molecule has 1 atom stereocenters. The van der Waals surface area contributed by atoms with Crippen molar-refractivity contribution >= 4 is 66.7 Å². The minimum atomic E-state index is -3.80. The molecule has 0 heterocycles. The number of hydrogen-bond acceptors (Lipinski definition) is 4. The summed E-state index contributed by atoms with van der Waals surface area (Å²) >= 11 is 15.6. The Morgan fingerprint density at radius 2 is 1.76 bits per heavy atom. The maximum Gasteiger partial charge on any atom is 0.244 e. The zero-order valence-electron chi connectivity index (χ0n) is 19.4. The molecule has 0 bridgehead atoms. The normalized spacial score (nSPS) is 12.4. The van der Waals surface area contributed by atoms with Gasteiger partial charge in [-0.1, -0.05) is 65.1 Å². The number of rotatable bonds is 10. The van der Waals surface area contributed by atoms with Crippen molar-refractivity contribution in [3.63, 3.8) is 0 Å². The van der Waals surface area contributed by atoms with Crippen LogP contribution in [0.5, 0.6) is 0 Å². The second-order valence-corrected chi connectivity index (χ2v) is 12.0. The summed E-state index contributed by atoms with van der Waals surface area (Å²) in [5.41, 5.74) is 0.905. The van der Waals surface area contributed by atoms with Crippen molar-refractivity contribution in [3.05, 3.63) is 62.5 Å². The third-order valence-corrected chi connectivity index (χ3v) is 7.20. The van der Waals surface area contributed by atoms with Crippen LogP contribution < -0.4 is 9.62 Å². The Bertz CT molecular complexity index is 1140. The molecule has 0 saturated heterocycles. The number of carbonyl (C=O) groups is 2. The van der Waals surface area contributed by atoms with Gasteiger partial charge in [-0.25, -0.2) is 8.42 Å². The highest BCUT2D eigenvalue weighted by molar-refractivity contribution is 9.10. The van der Waals surface area contributed by atoms with Crippen molar-refractivity contribution in [1.82, 2.24) is 10.2 Å². The highest BCUT2D eigenvalue weighted by atomic mass is 79.9. The van der Waals surface area contributed by atoms with Gasteiger partial charge >= 0.3 is 0 Å². The number of halogens is 3. The number of nitrogens with one attached hydrogen (secondary N) is 1. The van der Waals surface area contributed by atoms with E-state index < -0.39 is 28.5 Å². The first-order valence-corrected chi connectivity index (χ1v) is 13.9. The number of benzene rings is 2. The number of anilines is 1. The molecular weight excluding hydrogens is 565 g/mol. The zero-order chi connectivity index (χ0) is 25.6. The number of carbonyl (C=O) groups excluding carboxylic acids is 2. The Morgan fingerprint density at radius 3 is 2.32 bits per heavy atom. The van der Waals surface area contributed by atoms with Crippen LogP contribution in [-0.2, 0) is 26.2 Å². The van der Waals surface area contributed by atoms with E-state index in [0.29, 0.717) is 32.3 Å². The van der Waals surface area contributed by atoms with Crippen molar-refractivity contribution in [3.8, 4) is 0 Å². The van der Waals surface area contributed by atoms with E-state index in [-0.39, 0.29) is 18.4 Å². The predicted molar refractivity (Wildman–Crippen MR) is 141 cm³/mol. The molecule has 0 aromatic heterocycles. The lowest BCUT2D eigenvalue weighted by atomic mass is 10.1. The maximum absolute atomic E-state index is 13.5. The van der Waals surface area contributed by atoms with Gasteiger partial charge in [0.25, 0.3) is 0 Å². The van der Waals surface area contributed by atoms with Crippen molar-refractivity contribution in [2.75, 3.05) is 23.7 Å². The van der Waals surface area contributed by atoms with Crippen LogP contribution in [0.25, 0.3) is 0 Å². The molecule has 0 aliphatic heterocycles. The fourth-order valence-corrected chi connectivity index (χ4v) is 4.81. The predicted octanol–water partition coefficient (Wildman–Crippen LogP) is 4.71. The molecule has 7 nitrogen and oxygen atoms in total. The molecule has 0 radical (unpaired) electrons.